The highest BCUT2D eigenvalue weighted by Gasteiger charge is 2.09. The number of ether oxygens (including phenoxy) is 1. The van der Waals surface area contributed by atoms with Gasteiger partial charge < -0.3 is 10.1 Å². The summed E-state index contributed by atoms with van der Waals surface area (Å²) in [6.07, 6.45) is 0.0759. The molecule has 0 aromatic heterocycles. The van der Waals surface area contributed by atoms with E-state index in [2.05, 4.69) is 47.7 Å². The van der Waals surface area contributed by atoms with E-state index in [0.29, 0.717) is 11.5 Å². The molecule has 0 aliphatic heterocycles. The van der Waals surface area contributed by atoms with Crippen LogP contribution in [0.25, 0.3) is 0 Å². The monoisotopic (exact) mass is 509 g/mol. The minimum atomic E-state index is -0.411. The molecule has 0 aliphatic rings. The Morgan fingerprint density at radius 3 is 2.39 bits per heavy atom. The fourth-order valence-electron chi connectivity index (χ4n) is 2.19. The zero-order valence-electron chi connectivity index (χ0n) is 15.8. The number of nitrogens with zero attached hydrogens (tertiary/aromatic N) is 1. The first-order chi connectivity index (χ1) is 13.2. The van der Waals surface area contributed by atoms with Crippen molar-refractivity contribution in [3.8, 4) is 5.75 Å². The Kier molecular flexibility index (Phi) is 8.19. The second-order valence-electron chi connectivity index (χ2n) is 6.29. The topological polar surface area (TPSA) is 79.8 Å². The van der Waals surface area contributed by atoms with Crippen LogP contribution >= 0.6 is 31.9 Å². The smallest absolute Gasteiger partial charge is 0.277 e. The zero-order valence-corrected chi connectivity index (χ0v) is 19.0. The van der Waals surface area contributed by atoms with E-state index >= 15 is 0 Å². The minimum Gasteiger partial charge on any atom is -0.483 e. The van der Waals surface area contributed by atoms with Gasteiger partial charge in [0.2, 0.25) is 5.91 Å². The van der Waals surface area contributed by atoms with Crippen LogP contribution in [-0.2, 0) is 9.59 Å². The summed E-state index contributed by atoms with van der Waals surface area (Å²) in [6, 6.07) is 11.2. The maximum absolute atomic E-state index is 12.0. The van der Waals surface area contributed by atoms with Gasteiger partial charge in [-0.25, -0.2) is 5.43 Å². The number of aryl methyl sites for hydroxylation is 2. The van der Waals surface area contributed by atoms with E-state index in [4.69, 9.17) is 4.74 Å². The molecule has 6 nitrogen and oxygen atoms in total. The normalized spacial score (nSPS) is 11.1. The summed E-state index contributed by atoms with van der Waals surface area (Å²) in [7, 11) is 0. The van der Waals surface area contributed by atoms with Crippen molar-refractivity contribution in [3.05, 3.63) is 56.5 Å². The number of nitrogens with one attached hydrogen (secondary N) is 2. The van der Waals surface area contributed by atoms with Gasteiger partial charge in [-0.2, -0.15) is 5.10 Å². The van der Waals surface area contributed by atoms with E-state index in [0.717, 1.165) is 25.8 Å². The molecule has 148 valence electrons. The maximum atomic E-state index is 12.0. The Hall–Kier alpha value is -2.19. The predicted molar refractivity (Wildman–Crippen MR) is 118 cm³/mol. The van der Waals surface area contributed by atoms with Crippen molar-refractivity contribution in [2.24, 2.45) is 5.10 Å². The summed E-state index contributed by atoms with van der Waals surface area (Å²) < 4.78 is 7.19. The molecule has 2 aromatic rings. The summed E-state index contributed by atoms with van der Waals surface area (Å²) >= 11 is 6.82. The van der Waals surface area contributed by atoms with Crippen LogP contribution in [0.3, 0.4) is 0 Å². The van der Waals surface area contributed by atoms with Gasteiger partial charge in [-0.15, -0.1) is 0 Å². The SMILES string of the molecule is CC(CC(=O)Nc1ccc(C)cc1)=NNC(=O)COc1cc(C)c(Br)cc1Br. The Balaban J connectivity index is 1.80. The first-order valence-corrected chi connectivity index (χ1v) is 10.1. The molecule has 8 heteroatoms. The number of anilines is 1. The molecule has 2 amide bonds. The first-order valence-electron chi connectivity index (χ1n) is 8.51. The molecule has 2 rings (SSSR count). The van der Waals surface area contributed by atoms with Gasteiger partial charge in [0.05, 0.1) is 10.9 Å². The van der Waals surface area contributed by atoms with Crippen molar-refractivity contribution in [2.75, 3.05) is 11.9 Å². The number of rotatable bonds is 7. The molecular weight excluding hydrogens is 490 g/mol. The molecule has 0 atom stereocenters. The summed E-state index contributed by atoms with van der Waals surface area (Å²) in [5, 5.41) is 6.73. The van der Waals surface area contributed by atoms with Crippen molar-refractivity contribution in [3.63, 3.8) is 0 Å². The van der Waals surface area contributed by atoms with Gasteiger partial charge in [0, 0.05) is 15.9 Å². The Morgan fingerprint density at radius 1 is 1.04 bits per heavy atom. The Morgan fingerprint density at radius 2 is 1.71 bits per heavy atom. The second kappa shape index (κ2) is 10.4. The number of hydrogen-bond donors (Lipinski definition) is 2. The largest absolute Gasteiger partial charge is 0.483 e. The molecule has 0 fully saturated rings. The second-order valence-corrected chi connectivity index (χ2v) is 8.00. The Labute approximate surface area is 181 Å². The number of carbonyl (C=O) groups excluding carboxylic acids is 2. The van der Waals surface area contributed by atoms with Crippen molar-refractivity contribution in [2.45, 2.75) is 27.2 Å². The highest BCUT2D eigenvalue weighted by Crippen LogP contribution is 2.31. The van der Waals surface area contributed by atoms with E-state index in [1.165, 1.54) is 0 Å². The van der Waals surface area contributed by atoms with E-state index < -0.39 is 5.91 Å². The van der Waals surface area contributed by atoms with Crippen LogP contribution in [0.5, 0.6) is 5.75 Å². The average molecular weight is 511 g/mol. The lowest BCUT2D eigenvalue weighted by molar-refractivity contribution is -0.123. The number of hydrazone groups is 1. The van der Waals surface area contributed by atoms with Crippen LogP contribution in [0.1, 0.15) is 24.5 Å². The van der Waals surface area contributed by atoms with E-state index in [-0.39, 0.29) is 18.9 Å². The summed E-state index contributed by atoms with van der Waals surface area (Å²) in [5.74, 6) is -0.0512. The summed E-state index contributed by atoms with van der Waals surface area (Å²) in [6.45, 7) is 5.39. The fraction of sp³-hybridized carbons (Fsp3) is 0.250. The van der Waals surface area contributed by atoms with Gasteiger partial charge in [-0.1, -0.05) is 33.6 Å². The first kappa shape index (κ1) is 22.1. The number of halogens is 2. The maximum Gasteiger partial charge on any atom is 0.277 e. The lowest BCUT2D eigenvalue weighted by atomic mass is 10.2. The molecule has 0 saturated carbocycles. The van der Waals surface area contributed by atoms with Crippen molar-refractivity contribution in [1.82, 2.24) is 5.43 Å². The lowest BCUT2D eigenvalue weighted by Crippen LogP contribution is -2.26. The van der Waals surface area contributed by atoms with Crippen LogP contribution in [0, 0.1) is 13.8 Å². The number of amides is 2. The van der Waals surface area contributed by atoms with Crippen LogP contribution in [0.4, 0.5) is 5.69 Å². The third-order valence-electron chi connectivity index (χ3n) is 3.70. The van der Waals surface area contributed by atoms with Crippen LogP contribution in [0.2, 0.25) is 0 Å². The summed E-state index contributed by atoms with van der Waals surface area (Å²) in [5.41, 5.74) is 5.71. The molecule has 28 heavy (non-hydrogen) atoms. The molecular formula is C20H21Br2N3O3. The van der Waals surface area contributed by atoms with E-state index in [1.807, 2.05) is 50.2 Å². The summed E-state index contributed by atoms with van der Waals surface area (Å²) in [4.78, 5) is 23.9. The van der Waals surface area contributed by atoms with Crippen molar-refractivity contribution < 1.29 is 14.3 Å². The molecule has 0 unspecified atom stereocenters. The van der Waals surface area contributed by atoms with Crippen LogP contribution in [-0.4, -0.2) is 24.1 Å². The number of carbonyl (C=O) groups is 2. The third-order valence-corrected chi connectivity index (χ3v) is 5.17. The quantitative estimate of drug-likeness (QED) is 0.417. The van der Waals surface area contributed by atoms with Gasteiger partial charge in [-0.05, 0) is 66.5 Å². The van der Waals surface area contributed by atoms with E-state index in [1.54, 1.807) is 6.92 Å². The van der Waals surface area contributed by atoms with Gasteiger partial charge >= 0.3 is 0 Å². The zero-order chi connectivity index (χ0) is 20.7. The highest BCUT2D eigenvalue weighted by atomic mass is 79.9. The molecule has 0 bridgehead atoms. The highest BCUT2D eigenvalue weighted by molar-refractivity contribution is 9.11. The van der Waals surface area contributed by atoms with E-state index in [9.17, 15) is 9.59 Å². The number of hydrogen-bond acceptors (Lipinski definition) is 4. The molecule has 0 spiro atoms. The van der Waals surface area contributed by atoms with Crippen LogP contribution < -0.4 is 15.5 Å². The average Bonchev–Trinajstić information content (AvgIpc) is 2.63. The minimum absolute atomic E-state index is 0.0759. The molecule has 2 N–H and O–H groups in total. The van der Waals surface area contributed by atoms with Crippen LogP contribution in [0.15, 0.2) is 50.4 Å². The lowest BCUT2D eigenvalue weighted by Gasteiger charge is -2.10. The van der Waals surface area contributed by atoms with Gasteiger partial charge in [0.15, 0.2) is 6.61 Å². The standard InChI is InChI=1S/C20H21Br2N3O3/c1-12-4-6-15(7-5-12)23-19(26)9-14(3)24-25-20(27)11-28-18-8-13(2)16(21)10-17(18)22/h4-8,10H,9,11H2,1-3H3,(H,23,26)(H,25,27). The van der Waals surface area contributed by atoms with Gasteiger partial charge in [-0.3, -0.25) is 9.59 Å². The van der Waals surface area contributed by atoms with Gasteiger partial charge in [0.25, 0.3) is 5.91 Å². The molecule has 0 saturated heterocycles. The van der Waals surface area contributed by atoms with Crippen molar-refractivity contribution >= 4 is 55.1 Å². The molecule has 0 aliphatic carbocycles. The van der Waals surface area contributed by atoms with Crippen molar-refractivity contribution in [1.29, 1.82) is 0 Å². The number of benzene rings is 2. The molecule has 0 radical (unpaired) electrons. The third kappa shape index (κ3) is 7.09. The van der Waals surface area contributed by atoms with Gasteiger partial charge in [0.1, 0.15) is 5.75 Å². The fourth-order valence-corrected chi connectivity index (χ4v) is 3.30. The Bertz CT molecular complexity index is 896. The molecule has 2 aromatic carbocycles. The molecule has 0 heterocycles. The predicted octanol–water partition coefficient (Wildman–Crippen LogP) is 4.73.